The number of anilines is 2. The first-order chi connectivity index (χ1) is 16.3. The SMILES string of the molecule is O=C(COc1cccc(/C=N\NC(=O)C(=O)Nc2cccc(Cl)c2Cl)c1)Nc1ccc(F)cc1. The van der Waals surface area contributed by atoms with Crippen LogP contribution in [0.15, 0.2) is 71.8 Å². The molecule has 0 saturated heterocycles. The molecule has 3 amide bonds. The molecule has 0 fully saturated rings. The Labute approximate surface area is 203 Å². The number of carbonyl (C=O) groups is 3. The van der Waals surface area contributed by atoms with Crippen molar-refractivity contribution < 1.29 is 23.5 Å². The van der Waals surface area contributed by atoms with Gasteiger partial charge in [-0.25, -0.2) is 9.82 Å². The van der Waals surface area contributed by atoms with E-state index in [0.29, 0.717) is 17.0 Å². The van der Waals surface area contributed by atoms with Crippen molar-refractivity contribution in [2.24, 2.45) is 5.10 Å². The average Bonchev–Trinajstić information content (AvgIpc) is 2.82. The molecule has 0 radical (unpaired) electrons. The standard InChI is InChI=1S/C23H17Cl2FN4O4/c24-18-5-2-6-19(21(18)25)29-22(32)23(33)30-27-12-14-3-1-4-17(11-14)34-13-20(31)28-16-9-7-15(26)8-10-16/h1-12H,13H2,(H,28,31)(H,29,32)(H,30,33)/b27-12-. The Bertz CT molecular complexity index is 1240. The van der Waals surface area contributed by atoms with E-state index in [1.165, 1.54) is 36.5 Å². The van der Waals surface area contributed by atoms with E-state index in [-0.39, 0.29) is 22.3 Å². The van der Waals surface area contributed by atoms with Crippen LogP contribution in [-0.2, 0) is 14.4 Å². The number of hydrogen-bond donors (Lipinski definition) is 3. The van der Waals surface area contributed by atoms with E-state index in [2.05, 4.69) is 21.2 Å². The summed E-state index contributed by atoms with van der Waals surface area (Å²) in [7, 11) is 0. The van der Waals surface area contributed by atoms with E-state index in [9.17, 15) is 18.8 Å². The summed E-state index contributed by atoms with van der Waals surface area (Å²) in [6.45, 7) is -0.277. The van der Waals surface area contributed by atoms with Gasteiger partial charge in [0.25, 0.3) is 5.91 Å². The van der Waals surface area contributed by atoms with Gasteiger partial charge in [-0.2, -0.15) is 5.10 Å². The van der Waals surface area contributed by atoms with E-state index >= 15 is 0 Å². The van der Waals surface area contributed by atoms with Crippen molar-refractivity contribution in [2.45, 2.75) is 0 Å². The summed E-state index contributed by atoms with van der Waals surface area (Å²) < 4.78 is 18.4. The zero-order chi connectivity index (χ0) is 24.5. The highest BCUT2D eigenvalue weighted by Crippen LogP contribution is 2.29. The van der Waals surface area contributed by atoms with Crippen LogP contribution in [0, 0.1) is 5.82 Å². The molecule has 3 aromatic rings. The van der Waals surface area contributed by atoms with Crippen molar-refractivity contribution in [3.05, 3.63) is 88.2 Å². The fourth-order valence-corrected chi connectivity index (χ4v) is 2.91. The van der Waals surface area contributed by atoms with Gasteiger partial charge in [-0.05, 0) is 54.1 Å². The summed E-state index contributed by atoms with van der Waals surface area (Å²) in [5, 5.41) is 8.99. The number of nitrogens with one attached hydrogen (secondary N) is 3. The Morgan fingerprint density at radius 2 is 1.68 bits per heavy atom. The third-order valence-electron chi connectivity index (χ3n) is 4.14. The van der Waals surface area contributed by atoms with Crippen LogP contribution in [-0.4, -0.2) is 30.5 Å². The van der Waals surface area contributed by atoms with E-state index in [1.807, 2.05) is 0 Å². The topological polar surface area (TPSA) is 109 Å². The molecule has 0 atom stereocenters. The van der Waals surface area contributed by atoms with Crippen LogP contribution in [0.4, 0.5) is 15.8 Å². The molecule has 0 aliphatic rings. The predicted octanol–water partition coefficient (Wildman–Crippen LogP) is 4.24. The Morgan fingerprint density at radius 3 is 2.44 bits per heavy atom. The van der Waals surface area contributed by atoms with Gasteiger partial charge >= 0.3 is 11.8 Å². The van der Waals surface area contributed by atoms with Crippen molar-refractivity contribution in [3.8, 4) is 5.75 Å². The average molecular weight is 503 g/mol. The fourth-order valence-electron chi connectivity index (χ4n) is 2.56. The van der Waals surface area contributed by atoms with Gasteiger partial charge in [0.15, 0.2) is 6.61 Å². The number of amides is 3. The van der Waals surface area contributed by atoms with Crippen LogP contribution >= 0.6 is 23.2 Å². The molecule has 8 nitrogen and oxygen atoms in total. The summed E-state index contributed by atoms with van der Waals surface area (Å²) in [6, 6.07) is 16.5. The highest BCUT2D eigenvalue weighted by atomic mass is 35.5. The lowest BCUT2D eigenvalue weighted by atomic mass is 10.2. The number of carbonyl (C=O) groups excluding carboxylic acids is 3. The molecule has 34 heavy (non-hydrogen) atoms. The maximum absolute atomic E-state index is 12.9. The third kappa shape index (κ3) is 7.29. The number of rotatable bonds is 7. The molecule has 174 valence electrons. The molecule has 0 aliphatic heterocycles. The highest BCUT2D eigenvalue weighted by Gasteiger charge is 2.15. The lowest BCUT2D eigenvalue weighted by Crippen LogP contribution is -2.32. The summed E-state index contributed by atoms with van der Waals surface area (Å²) in [4.78, 5) is 35.9. The summed E-state index contributed by atoms with van der Waals surface area (Å²) in [6.07, 6.45) is 1.29. The second kappa shape index (κ2) is 11.8. The molecule has 0 spiro atoms. The molecule has 0 heterocycles. The van der Waals surface area contributed by atoms with E-state index in [0.717, 1.165) is 0 Å². The largest absolute Gasteiger partial charge is 0.484 e. The minimum atomic E-state index is -1.02. The molecular weight excluding hydrogens is 486 g/mol. The van der Waals surface area contributed by atoms with Gasteiger partial charge in [0.2, 0.25) is 0 Å². The molecule has 0 unspecified atom stereocenters. The molecule has 0 bridgehead atoms. The minimum absolute atomic E-state index is 0.108. The zero-order valence-electron chi connectivity index (χ0n) is 17.3. The van der Waals surface area contributed by atoms with Crippen LogP contribution in [0.3, 0.4) is 0 Å². The van der Waals surface area contributed by atoms with Crippen molar-refractivity contribution in [1.29, 1.82) is 0 Å². The Hall–Kier alpha value is -3.95. The number of ether oxygens (including phenoxy) is 1. The molecule has 0 aromatic heterocycles. The van der Waals surface area contributed by atoms with Gasteiger partial charge in [0.05, 0.1) is 21.9 Å². The van der Waals surface area contributed by atoms with Crippen LogP contribution in [0.2, 0.25) is 10.0 Å². The first kappa shape index (κ1) is 24.7. The zero-order valence-corrected chi connectivity index (χ0v) is 18.9. The normalized spacial score (nSPS) is 10.6. The van der Waals surface area contributed by atoms with Crippen LogP contribution in [0.5, 0.6) is 5.75 Å². The molecule has 3 N–H and O–H groups in total. The minimum Gasteiger partial charge on any atom is -0.484 e. The lowest BCUT2D eigenvalue weighted by molar-refractivity contribution is -0.136. The summed E-state index contributed by atoms with van der Waals surface area (Å²) >= 11 is 11.8. The second-order valence-corrected chi connectivity index (χ2v) is 7.46. The van der Waals surface area contributed by atoms with Crippen LogP contribution < -0.4 is 20.8 Å². The number of benzene rings is 3. The second-order valence-electron chi connectivity index (χ2n) is 6.67. The molecule has 11 heteroatoms. The van der Waals surface area contributed by atoms with Gasteiger partial charge in [-0.1, -0.05) is 41.4 Å². The molecule has 0 aliphatic carbocycles. The molecular formula is C23H17Cl2FN4O4. The maximum atomic E-state index is 12.9. The van der Waals surface area contributed by atoms with Gasteiger partial charge in [0.1, 0.15) is 11.6 Å². The lowest BCUT2D eigenvalue weighted by Gasteiger charge is -2.08. The smallest absolute Gasteiger partial charge is 0.329 e. The Morgan fingerprint density at radius 1 is 0.941 bits per heavy atom. The highest BCUT2D eigenvalue weighted by molar-refractivity contribution is 6.45. The first-order valence-corrected chi connectivity index (χ1v) is 10.4. The monoisotopic (exact) mass is 502 g/mol. The third-order valence-corrected chi connectivity index (χ3v) is 4.96. The Kier molecular flexibility index (Phi) is 8.55. The van der Waals surface area contributed by atoms with Crippen molar-refractivity contribution in [2.75, 3.05) is 17.2 Å². The Balaban J connectivity index is 1.49. The number of hydrogen-bond acceptors (Lipinski definition) is 5. The molecule has 3 rings (SSSR count). The van der Waals surface area contributed by atoms with E-state index < -0.39 is 23.5 Å². The van der Waals surface area contributed by atoms with Gasteiger partial charge in [-0.15, -0.1) is 0 Å². The fraction of sp³-hybridized carbons (Fsp3) is 0.0435. The molecule has 3 aromatic carbocycles. The first-order valence-electron chi connectivity index (χ1n) is 9.68. The van der Waals surface area contributed by atoms with Crippen LogP contribution in [0.1, 0.15) is 5.56 Å². The van der Waals surface area contributed by atoms with E-state index in [1.54, 1.807) is 36.4 Å². The van der Waals surface area contributed by atoms with E-state index in [4.69, 9.17) is 27.9 Å². The van der Waals surface area contributed by atoms with Crippen LogP contribution in [0.25, 0.3) is 0 Å². The van der Waals surface area contributed by atoms with Gasteiger partial charge in [0, 0.05) is 5.69 Å². The number of hydrazone groups is 1. The molecule has 0 saturated carbocycles. The van der Waals surface area contributed by atoms with Crippen molar-refractivity contribution in [1.82, 2.24) is 5.43 Å². The number of halogens is 3. The summed E-state index contributed by atoms with van der Waals surface area (Å²) in [5.41, 5.74) is 3.26. The van der Waals surface area contributed by atoms with Gasteiger partial charge in [-0.3, -0.25) is 14.4 Å². The van der Waals surface area contributed by atoms with Crippen molar-refractivity contribution in [3.63, 3.8) is 0 Å². The predicted molar refractivity (Wildman–Crippen MR) is 128 cm³/mol. The summed E-state index contributed by atoms with van der Waals surface area (Å²) in [5.74, 6) is -2.46. The van der Waals surface area contributed by atoms with Gasteiger partial charge < -0.3 is 15.4 Å². The number of nitrogens with zero attached hydrogens (tertiary/aromatic N) is 1. The quantitative estimate of drug-likeness (QED) is 0.255. The maximum Gasteiger partial charge on any atom is 0.329 e. The van der Waals surface area contributed by atoms with Crippen molar-refractivity contribution >= 4 is 58.5 Å².